The van der Waals surface area contributed by atoms with Gasteiger partial charge in [-0.05, 0) is 36.2 Å². The van der Waals surface area contributed by atoms with Gasteiger partial charge in [-0.1, -0.05) is 6.07 Å². The van der Waals surface area contributed by atoms with Crippen LogP contribution in [0.25, 0.3) is 0 Å². The second-order valence-electron chi connectivity index (χ2n) is 4.16. The molecule has 0 saturated carbocycles. The maximum Gasteiger partial charge on any atom is 0.120 e. The molecule has 1 N–H and O–H groups in total. The third kappa shape index (κ3) is 1.85. The Morgan fingerprint density at radius 2 is 2.20 bits per heavy atom. The van der Waals surface area contributed by atoms with E-state index in [0.717, 1.165) is 38.5 Å². The van der Waals surface area contributed by atoms with Crippen LogP contribution in [-0.2, 0) is 18.0 Å². The van der Waals surface area contributed by atoms with E-state index in [4.69, 9.17) is 9.47 Å². The molecule has 3 heteroatoms. The lowest BCUT2D eigenvalue weighted by Crippen LogP contribution is -2.19. The Bertz CT molecular complexity index is 359. The number of fused-ring (bicyclic) bond motifs is 1. The van der Waals surface area contributed by atoms with Crippen LogP contribution in [0.4, 0.5) is 0 Å². The normalized spacial score (nSPS) is 24.1. The molecule has 1 atom stereocenters. The first kappa shape index (κ1) is 9.19. The van der Waals surface area contributed by atoms with Crippen LogP contribution in [0.1, 0.15) is 17.5 Å². The lowest BCUT2D eigenvalue weighted by atomic mass is 10.1. The minimum Gasteiger partial charge on any atom is -0.489 e. The highest BCUT2D eigenvalue weighted by molar-refractivity contribution is 5.36. The van der Waals surface area contributed by atoms with E-state index in [1.54, 1.807) is 0 Å². The number of rotatable bonds is 2. The molecule has 80 valence electrons. The van der Waals surface area contributed by atoms with E-state index in [1.807, 2.05) is 6.07 Å². The molecule has 2 aliphatic rings. The molecule has 1 fully saturated rings. The Morgan fingerprint density at radius 3 is 3.07 bits per heavy atom. The topological polar surface area (TPSA) is 30.5 Å². The van der Waals surface area contributed by atoms with E-state index >= 15 is 0 Å². The van der Waals surface area contributed by atoms with Crippen LogP contribution in [0.15, 0.2) is 18.2 Å². The second-order valence-corrected chi connectivity index (χ2v) is 4.16. The van der Waals surface area contributed by atoms with Crippen LogP contribution in [0.5, 0.6) is 5.75 Å². The minimum atomic E-state index is 0.338. The van der Waals surface area contributed by atoms with E-state index < -0.39 is 0 Å². The largest absolute Gasteiger partial charge is 0.489 e. The van der Waals surface area contributed by atoms with Gasteiger partial charge in [0.15, 0.2) is 0 Å². The second kappa shape index (κ2) is 3.83. The highest BCUT2D eigenvalue weighted by Crippen LogP contribution is 2.25. The Labute approximate surface area is 89.4 Å². The monoisotopic (exact) mass is 205 g/mol. The molecule has 15 heavy (non-hydrogen) atoms. The van der Waals surface area contributed by atoms with Crippen LogP contribution in [0, 0.1) is 0 Å². The molecule has 3 rings (SSSR count). The van der Waals surface area contributed by atoms with Gasteiger partial charge in [-0.25, -0.2) is 0 Å². The summed E-state index contributed by atoms with van der Waals surface area (Å²) in [4.78, 5) is 0. The van der Waals surface area contributed by atoms with Crippen molar-refractivity contribution < 1.29 is 9.47 Å². The maximum absolute atomic E-state index is 5.88. The summed E-state index contributed by atoms with van der Waals surface area (Å²) in [6, 6.07) is 6.27. The zero-order valence-electron chi connectivity index (χ0n) is 8.66. The van der Waals surface area contributed by atoms with Crippen molar-refractivity contribution in [3.8, 4) is 5.75 Å². The molecular weight excluding hydrogens is 190 g/mol. The summed E-state index contributed by atoms with van der Waals surface area (Å²) in [6.07, 6.45) is 1.44. The van der Waals surface area contributed by atoms with Crippen molar-refractivity contribution in [3.63, 3.8) is 0 Å². The molecule has 0 spiro atoms. The van der Waals surface area contributed by atoms with Crippen LogP contribution in [-0.4, -0.2) is 19.2 Å². The van der Waals surface area contributed by atoms with E-state index in [2.05, 4.69) is 17.4 Å². The molecule has 0 amide bonds. The van der Waals surface area contributed by atoms with Gasteiger partial charge in [0.25, 0.3) is 0 Å². The minimum absolute atomic E-state index is 0.338. The molecule has 0 bridgehead atoms. The van der Waals surface area contributed by atoms with Crippen molar-refractivity contribution in [2.45, 2.75) is 25.7 Å². The van der Waals surface area contributed by atoms with Crippen LogP contribution >= 0.6 is 0 Å². The lowest BCUT2D eigenvalue weighted by molar-refractivity contribution is 0.134. The SMILES string of the molecule is c1cc2c(cc1OC1CCNC1)COC2. The summed E-state index contributed by atoms with van der Waals surface area (Å²) < 4.78 is 11.3. The van der Waals surface area contributed by atoms with Crippen molar-refractivity contribution in [1.82, 2.24) is 5.32 Å². The van der Waals surface area contributed by atoms with Gasteiger partial charge in [0, 0.05) is 6.54 Å². The fourth-order valence-electron chi connectivity index (χ4n) is 2.14. The number of benzene rings is 1. The molecule has 1 aromatic carbocycles. The molecule has 1 unspecified atom stereocenters. The lowest BCUT2D eigenvalue weighted by Gasteiger charge is -2.12. The predicted molar refractivity (Wildman–Crippen MR) is 56.8 cm³/mol. The van der Waals surface area contributed by atoms with Gasteiger partial charge >= 0.3 is 0 Å². The van der Waals surface area contributed by atoms with E-state index in [-0.39, 0.29) is 0 Å². The predicted octanol–water partition coefficient (Wildman–Crippen LogP) is 1.46. The Kier molecular flexibility index (Phi) is 2.35. The molecule has 1 aromatic rings. The summed E-state index contributed by atoms with van der Waals surface area (Å²) in [5.41, 5.74) is 2.57. The quantitative estimate of drug-likeness (QED) is 0.792. The van der Waals surface area contributed by atoms with Crippen molar-refractivity contribution in [2.24, 2.45) is 0 Å². The zero-order chi connectivity index (χ0) is 10.1. The molecule has 0 aromatic heterocycles. The summed E-state index contributed by atoms with van der Waals surface area (Å²) in [7, 11) is 0. The average molecular weight is 205 g/mol. The van der Waals surface area contributed by atoms with Gasteiger partial charge in [0.05, 0.1) is 13.2 Å². The number of hydrogen-bond acceptors (Lipinski definition) is 3. The zero-order valence-corrected chi connectivity index (χ0v) is 8.66. The Morgan fingerprint density at radius 1 is 1.27 bits per heavy atom. The first-order chi connectivity index (χ1) is 7.42. The van der Waals surface area contributed by atoms with Gasteiger partial charge in [-0.15, -0.1) is 0 Å². The van der Waals surface area contributed by atoms with Crippen molar-refractivity contribution in [2.75, 3.05) is 13.1 Å². The Balaban J connectivity index is 1.75. The molecule has 1 saturated heterocycles. The van der Waals surface area contributed by atoms with Gasteiger partial charge < -0.3 is 14.8 Å². The molecule has 0 aliphatic carbocycles. The van der Waals surface area contributed by atoms with Crippen LogP contribution in [0.2, 0.25) is 0 Å². The fourth-order valence-corrected chi connectivity index (χ4v) is 2.14. The number of nitrogens with one attached hydrogen (secondary N) is 1. The fraction of sp³-hybridized carbons (Fsp3) is 0.500. The molecule has 2 heterocycles. The summed E-state index contributed by atoms with van der Waals surface area (Å²) in [6.45, 7) is 3.52. The van der Waals surface area contributed by atoms with Crippen molar-refractivity contribution >= 4 is 0 Å². The van der Waals surface area contributed by atoms with Crippen molar-refractivity contribution in [1.29, 1.82) is 0 Å². The molecular formula is C12H15NO2. The van der Waals surface area contributed by atoms with Crippen molar-refractivity contribution in [3.05, 3.63) is 29.3 Å². The highest BCUT2D eigenvalue weighted by Gasteiger charge is 2.17. The summed E-state index contributed by atoms with van der Waals surface area (Å²) >= 11 is 0. The molecule has 0 radical (unpaired) electrons. The van der Waals surface area contributed by atoms with Gasteiger partial charge in [-0.3, -0.25) is 0 Å². The maximum atomic E-state index is 5.88. The van der Waals surface area contributed by atoms with Gasteiger partial charge in [-0.2, -0.15) is 0 Å². The number of hydrogen-bond donors (Lipinski definition) is 1. The van der Waals surface area contributed by atoms with Crippen LogP contribution < -0.4 is 10.1 Å². The Hall–Kier alpha value is -1.06. The van der Waals surface area contributed by atoms with Gasteiger partial charge in [0.1, 0.15) is 11.9 Å². The van der Waals surface area contributed by atoms with E-state index in [1.165, 1.54) is 11.1 Å². The van der Waals surface area contributed by atoms with Gasteiger partial charge in [0.2, 0.25) is 0 Å². The van der Waals surface area contributed by atoms with E-state index in [9.17, 15) is 0 Å². The highest BCUT2D eigenvalue weighted by atomic mass is 16.5. The van der Waals surface area contributed by atoms with Crippen LogP contribution in [0.3, 0.4) is 0 Å². The third-order valence-electron chi connectivity index (χ3n) is 3.01. The summed E-state index contributed by atoms with van der Waals surface area (Å²) in [5, 5.41) is 3.30. The average Bonchev–Trinajstić information content (AvgIpc) is 2.87. The summed E-state index contributed by atoms with van der Waals surface area (Å²) in [5.74, 6) is 0.980. The number of ether oxygens (including phenoxy) is 2. The smallest absolute Gasteiger partial charge is 0.120 e. The first-order valence-electron chi connectivity index (χ1n) is 5.49. The third-order valence-corrected chi connectivity index (χ3v) is 3.01. The molecule has 3 nitrogen and oxygen atoms in total. The standard InChI is InChI=1S/C12H15NO2/c1-2-11(15-12-3-4-13-6-12)5-10-8-14-7-9(1)10/h1-2,5,12-13H,3-4,6-8H2. The first-order valence-corrected chi connectivity index (χ1v) is 5.49. The van der Waals surface area contributed by atoms with E-state index in [0.29, 0.717) is 6.10 Å². The molecule has 2 aliphatic heterocycles.